The van der Waals surface area contributed by atoms with Gasteiger partial charge < -0.3 is 20.6 Å². The van der Waals surface area contributed by atoms with E-state index in [0.29, 0.717) is 31.5 Å². The Labute approximate surface area is 196 Å². The summed E-state index contributed by atoms with van der Waals surface area (Å²) in [6.45, 7) is 6.23. The minimum Gasteiger partial charge on any atom is -0.480 e. The summed E-state index contributed by atoms with van der Waals surface area (Å²) in [5.74, 6) is 0.0128. The van der Waals surface area contributed by atoms with E-state index in [2.05, 4.69) is 26.1 Å². The summed E-state index contributed by atoms with van der Waals surface area (Å²) in [5.41, 5.74) is -0.336. The number of carbonyl (C=O) groups excluding carboxylic acids is 2. The smallest absolute Gasteiger partial charge is 0.322 e. The van der Waals surface area contributed by atoms with Crippen molar-refractivity contribution >= 4 is 17.7 Å². The highest BCUT2D eigenvalue weighted by atomic mass is 16.4. The normalized spacial score (nSPS) is 45.5. The maximum absolute atomic E-state index is 13.5. The number of Topliss-reactive ketones (excluding diaryl/α,β-unsaturated/α-hetero) is 1. The van der Waals surface area contributed by atoms with Crippen molar-refractivity contribution in [1.82, 2.24) is 5.32 Å². The lowest BCUT2D eigenvalue weighted by Gasteiger charge is -2.61. The second kappa shape index (κ2) is 8.95. The van der Waals surface area contributed by atoms with E-state index in [1.165, 1.54) is 0 Å². The first kappa shape index (κ1) is 24.6. The Kier molecular flexibility index (Phi) is 6.69. The summed E-state index contributed by atoms with van der Waals surface area (Å²) >= 11 is 0. The van der Waals surface area contributed by atoms with Crippen LogP contribution in [0.1, 0.15) is 78.6 Å². The molecule has 0 aromatic rings. The third-order valence-electron chi connectivity index (χ3n) is 10.6. The molecule has 4 rings (SSSR count). The summed E-state index contributed by atoms with van der Waals surface area (Å²) < 4.78 is 0. The fourth-order valence-electron chi connectivity index (χ4n) is 8.67. The lowest BCUT2D eigenvalue weighted by Crippen LogP contribution is -2.61. The zero-order chi connectivity index (χ0) is 24.1. The molecule has 0 radical (unpaired) electrons. The van der Waals surface area contributed by atoms with Gasteiger partial charge in [-0.05, 0) is 80.0 Å². The number of amides is 1. The molecule has 0 aliphatic heterocycles. The van der Waals surface area contributed by atoms with Gasteiger partial charge in [0.05, 0.1) is 12.2 Å². The number of carboxylic acid groups (broad SMARTS) is 1. The topological polar surface area (TPSA) is 124 Å². The van der Waals surface area contributed by atoms with Crippen molar-refractivity contribution in [3.63, 3.8) is 0 Å². The van der Waals surface area contributed by atoms with Crippen LogP contribution in [-0.4, -0.2) is 51.7 Å². The Morgan fingerprint density at radius 3 is 2.55 bits per heavy atom. The summed E-state index contributed by atoms with van der Waals surface area (Å²) in [7, 11) is 0. The Balaban J connectivity index is 1.49. The van der Waals surface area contributed by atoms with Crippen molar-refractivity contribution < 1.29 is 29.7 Å². The number of hydrogen-bond donors (Lipinski definition) is 4. The van der Waals surface area contributed by atoms with Crippen LogP contribution in [0.5, 0.6) is 0 Å². The molecular formula is C26H41NO6. The van der Waals surface area contributed by atoms with Crippen LogP contribution in [0.3, 0.4) is 0 Å². The molecule has 4 aliphatic carbocycles. The molecule has 186 valence electrons. The molecule has 0 spiro atoms. The van der Waals surface area contributed by atoms with Gasteiger partial charge in [0.1, 0.15) is 12.3 Å². The number of hydrogen-bond acceptors (Lipinski definition) is 5. The van der Waals surface area contributed by atoms with Crippen LogP contribution < -0.4 is 5.32 Å². The highest BCUT2D eigenvalue weighted by Gasteiger charge is 2.65. The number of aliphatic carboxylic acids is 1. The van der Waals surface area contributed by atoms with Gasteiger partial charge in [-0.2, -0.15) is 0 Å². The molecule has 33 heavy (non-hydrogen) atoms. The number of aliphatic hydroxyl groups is 2. The number of carboxylic acids is 1. The lowest BCUT2D eigenvalue weighted by atomic mass is 9.43. The van der Waals surface area contributed by atoms with Gasteiger partial charge in [0, 0.05) is 24.2 Å². The molecule has 0 aromatic heterocycles. The standard InChI is InChI=1S/C26H41NO6/c1-14(4-7-22(31)27-13-23(32)33)17-5-6-18-24-19(12-21(30)26(17,18)3)25(2)9-8-16(28)10-15(25)11-20(24)29/h14-19,21,24,28,30H,4-13H2,1-3H3,(H,27,31)(H,32,33)/t14-,15+,16-,17-,18+,19+,21+,24?,25+,26-/m1/s1. The van der Waals surface area contributed by atoms with Gasteiger partial charge in [0.15, 0.2) is 0 Å². The Morgan fingerprint density at radius 2 is 1.85 bits per heavy atom. The molecule has 0 saturated heterocycles. The van der Waals surface area contributed by atoms with Crippen molar-refractivity contribution in [2.24, 2.45) is 46.3 Å². The molecule has 1 unspecified atom stereocenters. The minimum absolute atomic E-state index is 0.00600. The van der Waals surface area contributed by atoms with Crippen LogP contribution in [-0.2, 0) is 14.4 Å². The average Bonchev–Trinajstić information content (AvgIpc) is 3.11. The molecule has 0 bridgehead atoms. The summed E-state index contributed by atoms with van der Waals surface area (Å²) in [5, 5.41) is 32.9. The van der Waals surface area contributed by atoms with Crippen LogP contribution in [0.15, 0.2) is 0 Å². The fraction of sp³-hybridized carbons (Fsp3) is 0.885. The minimum atomic E-state index is -1.05. The molecule has 4 saturated carbocycles. The third kappa shape index (κ3) is 4.13. The number of fused-ring (bicyclic) bond motifs is 5. The number of aliphatic hydroxyl groups excluding tert-OH is 2. The molecule has 4 fully saturated rings. The van der Waals surface area contributed by atoms with Crippen LogP contribution in [0.25, 0.3) is 0 Å². The SMILES string of the molecule is C[C@H](CCC(=O)NCC(=O)O)[C@H]1CC[C@H]2C3C(=O)C[C@@H]4C[C@H](O)CC[C@]4(C)[C@H]3C[C@H](O)[C@]12C. The summed E-state index contributed by atoms with van der Waals surface area (Å²) in [6.07, 6.45) is 5.63. The van der Waals surface area contributed by atoms with E-state index in [0.717, 1.165) is 25.7 Å². The molecule has 4 aliphatic rings. The molecular weight excluding hydrogens is 422 g/mol. The highest BCUT2D eigenvalue weighted by Crippen LogP contribution is 2.67. The van der Waals surface area contributed by atoms with Crippen LogP contribution in [0.4, 0.5) is 0 Å². The van der Waals surface area contributed by atoms with Gasteiger partial charge in [-0.3, -0.25) is 14.4 Å². The molecule has 7 heteroatoms. The maximum Gasteiger partial charge on any atom is 0.322 e. The van der Waals surface area contributed by atoms with Gasteiger partial charge in [-0.1, -0.05) is 20.8 Å². The third-order valence-corrected chi connectivity index (χ3v) is 10.6. The van der Waals surface area contributed by atoms with Crippen LogP contribution in [0.2, 0.25) is 0 Å². The van der Waals surface area contributed by atoms with Gasteiger partial charge in [-0.25, -0.2) is 0 Å². The van der Waals surface area contributed by atoms with Gasteiger partial charge in [0.25, 0.3) is 0 Å². The quantitative estimate of drug-likeness (QED) is 0.480. The second-order valence-corrected chi connectivity index (χ2v) is 12.0. The average molecular weight is 464 g/mol. The number of carbonyl (C=O) groups is 3. The summed E-state index contributed by atoms with van der Waals surface area (Å²) in [4.78, 5) is 36.2. The second-order valence-electron chi connectivity index (χ2n) is 12.0. The zero-order valence-corrected chi connectivity index (χ0v) is 20.3. The fourth-order valence-corrected chi connectivity index (χ4v) is 8.67. The molecule has 7 nitrogen and oxygen atoms in total. The van der Waals surface area contributed by atoms with Crippen molar-refractivity contribution in [3.05, 3.63) is 0 Å². The van der Waals surface area contributed by atoms with E-state index in [1.54, 1.807) is 0 Å². The van der Waals surface area contributed by atoms with Crippen molar-refractivity contribution in [2.75, 3.05) is 6.54 Å². The predicted molar refractivity (Wildman–Crippen MR) is 122 cm³/mol. The van der Waals surface area contributed by atoms with E-state index >= 15 is 0 Å². The zero-order valence-electron chi connectivity index (χ0n) is 20.3. The molecule has 0 heterocycles. The predicted octanol–water partition coefficient (Wildman–Crippen LogP) is 2.77. The summed E-state index contributed by atoms with van der Waals surface area (Å²) in [6, 6.07) is 0. The molecule has 10 atom stereocenters. The lowest BCUT2D eigenvalue weighted by molar-refractivity contribution is -0.182. The molecule has 0 aromatic carbocycles. The number of ketones is 1. The first-order chi connectivity index (χ1) is 15.5. The van der Waals surface area contributed by atoms with Crippen molar-refractivity contribution in [1.29, 1.82) is 0 Å². The van der Waals surface area contributed by atoms with Crippen LogP contribution >= 0.6 is 0 Å². The Morgan fingerprint density at radius 1 is 1.12 bits per heavy atom. The van der Waals surface area contributed by atoms with Gasteiger partial charge in [0.2, 0.25) is 5.91 Å². The highest BCUT2D eigenvalue weighted by molar-refractivity contribution is 5.83. The molecule has 1 amide bonds. The van der Waals surface area contributed by atoms with E-state index in [-0.39, 0.29) is 71.3 Å². The van der Waals surface area contributed by atoms with Crippen LogP contribution in [0, 0.1) is 46.3 Å². The van der Waals surface area contributed by atoms with Crippen molar-refractivity contribution in [3.8, 4) is 0 Å². The van der Waals surface area contributed by atoms with E-state index in [4.69, 9.17) is 5.11 Å². The number of nitrogens with one attached hydrogen (secondary N) is 1. The maximum atomic E-state index is 13.5. The molecule has 4 N–H and O–H groups in total. The largest absolute Gasteiger partial charge is 0.480 e. The Bertz CT molecular complexity index is 800. The van der Waals surface area contributed by atoms with E-state index in [1.807, 2.05) is 0 Å². The van der Waals surface area contributed by atoms with Gasteiger partial charge >= 0.3 is 5.97 Å². The van der Waals surface area contributed by atoms with E-state index in [9.17, 15) is 24.6 Å². The monoisotopic (exact) mass is 463 g/mol. The number of rotatable bonds is 6. The first-order valence-electron chi connectivity index (χ1n) is 12.9. The first-order valence-corrected chi connectivity index (χ1v) is 12.9. The van der Waals surface area contributed by atoms with Crippen molar-refractivity contribution in [2.45, 2.75) is 90.8 Å². The van der Waals surface area contributed by atoms with Gasteiger partial charge in [-0.15, -0.1) is 0 Å². The Hall–Kier alpha value is -1.47. The van der Waals surface area contributed by atoms with E-state index < -0.39 is 12.1 Å².